The Morgan fingerprint density at radius 3 is 1.25 bits per heavy atom. The van der Waals surface area contributed by atoms with Crippen LogP contribution in [-0.2, 0) is 0 Å². The molecule has 0 nitrogen and oxygen atoms in total. The van der Waals surface area contributed by atoms with Crippen molar-refractivity contribution >= 4 is 14.3 Å². The molecule has 0 radical (unpaired) electrons. The monoisotopic (exact) mass is 270 g/mol. The van der Waals surface area contributed by atoms with Crippen molar-refractivity contribution in [3.63, 3.8) is 0 Å². The molecule has 0 unspecified atom stereocenters. The average molecular weight is 269 g/mol. The van der Waals surface area contributed by atoms with Gasteiger partial charge in [-0.15, -0.1) is 0 Å². The van der Waals surface area contributed by atoms with E-state index in [1.807, 2.05) is 0 Å². The molecule has 0 bridgehead atoms. The van der Waals surface area contributed by atoms with Gasteiger partial charge in [0.1, 0.15) is 0 Å². The second-order valence-corrected chi connectivity index (χ2v) is 11.0. The number of rotatable bonds is 3. The van der Waals surface area contributed by atoms with E-state index in [1.165, 1.54) is 19.3 Å². The van der Waals surface area contributed by atoms with Crippen molar-refractivity contribution < 1.29 is 0 Å². The maximum absolute atomic E-state index is 2.38. The van der Waals surface area contributed by atoms with Gasteiger partial charge >= 0.3 is 102 Å². The summed E-state index contributed by atoms with van der Waals surface area (Å²) >= 11 is -1.54. The van der Waals surface area contributed by atoms with Crippen LogP contribution in [-0.4, -0.2) is 14.3 Å². The molecule has 0 spiro atoms. The minimum absolute atomic E-state index is 1.21. The molecule has 3 rings (SSSR count). The zero-order valence-corrected chi connectivity index (χ0v) is 11.8. The zero-order valence-electron chi connectivity index (χ0n) is 9.39. The van der Waals surface area contributed by atoms with Crippen LogP contribution < -0.4 is 0 Å². The molecular weight excluding hydrogens is 253 g/mol. The molecule has 0 atom stereocenters. The summed E-state index contributed by atoms with van der Waals surface area (Å²) in [6.45, 7) is 0. The Hall–Kier alpha value is -1.02. The molecule has 0 N–H and O–H groups in total. The Bertz CT molecular complexity index is 398. The van der Waals surface area contributed by atoms with Crippen molar-refractivity contribution in [1.82, 2.24) is 0 Å². The topological polar surface area (TPSA) is 0 Å². The third-order valence-corrected chi connectivity index (χ3v) is 10.9. The SMILES string of the molecule is C1=CC[C]([GeH]([C]2=CC=CC2)[C]2=CC=CC2)=C1. The quantitative estimate of drug-likeness (QED) is 0.688. The third kappa shape index (κ3) is 1.82. The first-order chi connectivity index (χ1) is 7.95. The van der Waals surface area contributed by atoms with E-state index in [2.05, 4.69) is 54.7 Å². The van der Waals surface area contributed by atoms with E-state index >= 15 is 0 Å². The Labute approximate surface area is 102 Å². The van der Waals surface area contributed by atoms with Gasteiger partial charge in [-0.1, -0.05) is 0 Å². The fraction of sp³-hybridized carbons (Fsp3) is 0.200. The fourth-order valence-electron chi connectivity index (χ4n) is 2.75. The Kier molecular flexibility index (Phi) is 2.83. The van der Waals surface area contributed by atoms with E-state index < -0.39 is 14.3 Å². The normalized spacial score (nSPS) is 21.9. The molecular formula is C15H16Ge. The molecule has 0 amide bonds. The van der Waals surface area contributed by atoms with Gasteiger partial charge in [0.05, 0.1) is 0 Å². The van der Waals surface area contributed by atoms with Crippen molar-refractivity contribution in [2.75, 3.05) is 0 Å². The molecule has 3 aliphatic rings. The van der Waals surface area contributed by atoms with E-state index in [9.17, 15) is 0 Å². The van der Waals surface area contributed by atoms with Crippen LogP contribution in [0.5, 0.6) is 0 Å². The van der Waals surface area contributed by atoms with Crippen LogP contribution in [0.1, 0.15) is 19.3 Å². The minimum atomic E-state index is -1.54. The van der Waals surface area contributed by atoms with Crippen molar-refractivity contribution in [3.05, 3.63) is 67.9 Å². The molecule has 0 fully saturated rings. The Morgan fingerprint density at radius 2 is 1.00 bits per heavy atom. The van der Waals surface area contributed by atoms with Gasteiger partial charge in [-0.05, 0) is 0 Å². The summed E-state index contributed by atoms with van der Waals surface area (Å²) < 4.78 is 5.24. The van der Waals surface area contributed by atoms with E-state index in [0.717, 1.165) is 0 Å². The molecule has 0 aliphatic heterocycles. The molecule has 16 heavy (non-hydrogen) atoms. The molecule has 0 aromatic carbocycles. The van der Waals surface area contributed by atoms with Crippen molar-refractivity contribution in [2.45, 2.75) is 19.3 Å². The molecule has 80 valence electrons. The van der Waals surface area contributed by atoms with Gasteiger partial charge < -0.3 is 0 Å². The van der Waals surface area contributed by atoms with Crippen LogP contribution in [0, 0.1) is 0 Å². The van der Waals surface area contributed by atoms with Crippen molar-refractivity contribution in [2.24, 2.45) is 0 Å². The molecule has 0 heterocycles. The molecule has 0 saturated heterocycles. The van der Waals surface area contributed by atoms with Gasteiger partial charge in [0.2, 0.25) is 0 Å². The Balaban J connectivity index is 1.89. The first-order valence-corrected chi connectivity index (χ1v) is 9.65. The average Bonchev–Trinajstić information content (AvgIpc) is 3.02. The predicted octanol–water partition coefficient (Wildman–Crippen LogP) is 3.49. The van der Waals surface area contributed by atoms with Crippen LogP contribution >= 0.6 is 0 Å². The molecule has 3 aliphatic carbocycles. The van der Waals surface area contributed by atoms with Crippen LogP contribution in [0.2, 0.25) is 0 Å². The summed E-state index contributed by atoms with van der Waals surface area (Å²) in [7, 11) is 0. The predicted molar refractivity (Wildman–Crippen MR) is 72.7 cm³/mol. The first kappa shape index (κ1) is 10.2. The third-order valence-electron chi connectivity index (χ3n) is 3.51. The second-order valence-electron chi connectivity index (χ2n) is 4.55. The van der Waals surface area contributed by atoms with Crippen LogP contribution in [0.15, 0.2) is 67.9 Å². The van der Waals surface area contributed by atoms with Gasteiger partial charge in [-0.25, -0.2) is 0 Å². The zero-order chi connectivity index (χ0) is 10.8. The van der Waals surface area contributed by atoms with Gasteiger partial charge in [-0.3, -0.25) is 0 Å². The summed E-state index contributed by atoms with van der Waals surface area (Å²) in [6, 6.07) is 0. The number of allylic oxidation sites excluding steroid dienone is 12. The van der Waals surface area contributed by atoms with E-state index in [0.29, 0.717) is 0 Å². The summed E-state index contributed by atoms with van der Waals surface area (Å²) in [4.78, 5) is 0. The number of hydrogen-bond donors (Lipinski definition) is 0. The van der Waals surface area contributed by atoms with Crippen LogP contribution in [0.3, 0.4) is 0 Å². The first-order valence-electron chi connectivity index (χ1n) is 6.02. The standard InChI is InChI=1S/C15H16Ge/c1-2-8-13(7-1)16(14-9-3-4-10-14)15-11-5-6-12-15/h1-7,9,11,16H,8,10,12H2. The molecule has 1 heteroatoms. The summed E-state index contributed by atoms with van der Waals surface area (Å²) in [5.41, 5.74) is 0. The molecule has 0 aromatic rings. The van der Waals surface area contributed by atoms with Gasteiger partial charge in [0.15, 0.2) is 0 Å². The molecule has 0 saturated carbocycles. The van der Waals surface area contributed by atoms with E-state index in [1.54, 1.807) is 13.2 Å². The van der Waals surface area contributed by atoms with Gasteiger partial charge in [0, 0.05) is 0 Å². The summed E-state index contributed by atoms with van der Waals surface area (Å²) in [6.07, 6.45) is 24.4. The summed E-state index contributed by atoms with van der Waals surface area (Å²) in [5.74, 6) is 0. The fourth-order valence-corrected chi connectivity index (χ4v) is 10.00. The van der Waals surface area contributed by atoms with E-state index in [-0.39, 0.29) is 0 Å². The van der Waals surface area contributed by atoms with Crippen molar-refractivity contribution in [1.29, 1.82) is 0 Å². The van der Waals surface area contributed by atoms with Crippen LogP contribution in [0.4, 0.5) is 0 Å². The Morgan fingerprint density at radius 1 is 0.625 bits per heavy atom. The summed E-state index contributed by atoms with van der Waals surface area (Å²) in [5, 5.41) is 0. The second kappa shape index (κ2) is 4.46. The number of hydrogen-bond acceptors (Lipinski definition) is 0. The van der Waals surface area contributed by atoms with Crippen LogP contribution in [0.25, 0.3) is 0 Å². The maximum atomic E-state index is 2.38. The van der Waals surface area contributed by atoms with Gasteiger partial charge in [-0.2, -0.15) is 0 Å². The van der Waals surface area contributed by atoms with E-state index in [4.69, 9.17) is 0 Å². The van der Waals surface area contributed by atoms with Crippen molar-refractivity contribution in [3.8, 4) is 0 Å². The van der Waals surface area contributed by atoms with Gasteiger partial charge in [0.25, 0.3) is 0 Å². The molecule has 0 aromatic heterocycles.